The van der Waals surface area contributed by atoms with Gasteiger partial charge in [0, 0.05) is 4.47 Å². The molecule has 12 nitrogen and oxygen atoms in total. The Labute approximate surface area is 182 Å². The SMILES string of the molecule is O=C(COc1ccc(Br)cc1)Nc1nc2c(ncn2[C@@H]2O[C@H](CO)[C@H](O)[C@H]2O)c(=O)[nH]1. The Morgan fingerprint density at radius 2 is 2.03 bits per heavy atom. The van der Waals surface area contributed by atoms with Gasteiger partial charge >= 0.3 is 0 Å². The molecule has 1 amide bonds. The molecule has 1 fully saturated rings. The number of aliphatic hydroxyl groups is 3. The van der Waals surface area contributed by atoms with Gasteiger partial charge in [0.05, 0.1) is 12.9 Å². The van der Waals surface area contributed by atoms with Crippen molar-refractivity contribution in [2.75, 3.05) is 18.5 Å². The fourth-order valence-electron chi connectivity index (χ4n) is 3.13. The van der Waals surface area contributed by atoms with Crippen LogP contribution in [0.15, 0.2) is 39.9 Å². The summed E-state index contributed by atoms with van der Waals surface area (Å²) in [6.07, 6.45) is -3.63. The number of H-pyrrole nitrogens is 1. The van der Waals surface area contributed by atoms with Crippen LogP contribution in [0.25, 0.3) is 11.2 Å². The average molecular weight is 496 g/mol. The van der Waals surface area contributed by atoms with Crippen LogP contribution >= 0.6 is 15.9 Å². The molecule has 0 saturated carbocycles. The lowest BCUT2D eigenvalue weighted by Gasteiger charge is -2.16. The number of aliphatic hydroxyl groups excluding tert-OH is 3. The van der Waals surface area contributed by atoms with Crippen molar-refractivity contribution in [3.05, 3.63) is 45.4 Å². The van der Waals surface area contributed by atoms with Crippen LogP contribution in [0, 0.1) is 0 Å². The number of benzene rings is 1. The highest BCUT2D eigenvalue weighted by molar-refractivity contribution is 9.10. The van der Waals surface area contributed by atoms with Gasteiger partial charge in [0.1, 0.15) is 24.1 Å². The number of nitrogens with zero attached hydrogens (tertiary/aromatic N) is 3. The zero-order valence-electron chi connectivity index (χ0n) is 15.8. The number of rotatable bonds is 6. The van der Waals surface area contributed by atoms with E-state index in [9.17, 15) is 24.9 Å². The first kappa shape index (κ1) is 21.4. The van der Waals surface area contributed by atoms with E-state index in [4.69, 9.17) is 9.47 Å². The highest BCUT2D eigenvalue weighted by Crippen LogP contribution is 2.30. The van der Waals surface area contributed by atoms with Gasteiger partial charge in [0.25, 0.3) is 11.5 Å². The molecule has 1 aliphatic heterocycles. The number of carbonyl (C=O) groups is 1. The van der Waals surface area contributed by atoms with Gasteiger partial charge in [-0.15, -0.1) is 0 Å². The Balaban J connectivity index is 1.53. The molecule has 1 aromatic carbocycles. The summed E-state index contributed by atoms with van der Waals surface area (Å²) in [5, 5.41) is 31.9. The molecule has 4 rings (SSSR count). The van der Waals surface area contributed by atoms with Crippen LogP contribution in [0.2, 0.25) is 0 Å². The van der Waals surface area contributed by atoms with Gasteiger partial charge in [-0.05, 0) is 24.3 Å². The quantitative estimate of drug-likeness (QED) is 0.302. The number of nitrogens with one attached hydrogen (secondary N) is 2. The number of hydrogen-bond donors (Lipinski definition) is 5. The van der Waals surface area contributed by atoms with E-state index in [2.05, 4.69) is 36.2 Å². The van der Waals surface area contributed by atoms with E-state index in [1.54, 1.807) is 24.3 Å². The normalized spacial score (nSPS) is 23.2. The van der Waals surface area contributed by atoms with Gasteiger partial charge in [-0.3, -0.25) is 24.5 Å². The number of imidazole rings is 1. The van der Waals surface area contributed by atoms with Crippen molar-refractivity contribution in [3.8, 4) is 5.75 Å². The molecule has 5 N–H and O–H groups in total. The van der Waals surface area contributed by atoms with Gasteiger partial charge in [-0.1, -0.05) is 15.9 Å². The first-order valence-electron chi connectivity index (χ1n) is 9.15. The number of aromatic nitrogens is 4. The minimum atomic E-state index is -1.38. The average Bonchev–Trinajstić information content (AvgIpc) is 3.29. The summed E-state index contributed by atoms with van der Waals surface area (Å²) in [6, 6.07) is 6.89. The second kappa shape index (κ2) is 8.72. The number of hydrogen-bond acceptors (Lipinski definition) is 9. The Morgan fingerprint density at radius 1 is 1.29 bits per heavy atom. The summed E-state index contributed by atoms with van der Waals surface area (Å²) in [5.74, 6) is -0.238. The van der Waals surface area contributed by atoms with Gasteiger partial charge in [0.15, 0.2) is 24.0 Å². The molecule has 0 radical (unpaired) electrons. The third kappa shape index (κ3) is 4.31. The van der Waals surface area contributed by atoms with Crippen molar-refractivity contribution in [2.45, 2.75) is 24.5 Å². The zero-order valence-corrected chi connectivity index (χ0v) is 17.4. The molecule has 1 aliphatic rings. The number of carbonyl (C=O) groups excluding carboxylic acids is 1. The number of halogens is 1. The lowest BCUT2D eigenvalue weighted by molar-refractivity contribution is -0.118. The van der Waals surface area contributed by atoms with Crippen molar-refractivity contribution in [2.24, 2.45) is 0 Å². The number of aromatic amines is 1. The molecule has 3 heterocycles. The predicted molar refractivity (Wildman–Crippen MR) is 109 cm³/mol. The first-order valence-corrected chi connectivity index (χ1v) is 9.94. The molecule has 0 aliphatic carbocycles. The number of anilines is 1. The van der Waals surface area contributed by atoms with E-state index in [0.717, 1.165) is 4.47 Å². The second-order valence-electron chi connectivity index (χ2n) is 6.76. The Bertz CT molecular complexity index is 1150. The fraction of sp³-hybridized carbons (Fsp3) is 0.333. The summed E-state index contributed by atoms with van der Waals surface area (Å²) in [7, 11) is 0. The van der Waals surface area contributed by atoms with E-state index in [1.165, 1.54) is 10.9 Å². The largest absolute Gasteiger partial charge is 0.484 e. The third-order valence-electron chi connectivity index (χ3n) is 4.67. The van der Waals surface area contributed by atoms with E-state index in [1.807, 2.05) is 0 Å². The van der Waals surface area contributed by atoms with E-state index < -0.39 is 42.6 Å². The van der Waals surface area contributed by atoms with Crippen LogP contribution in [0.4, 0.5) is 5.95 Å². The Morgan fingerprint density at radius 3 is 2.71 bits per heavy atom. The maximum absolute atomic E-state index is 12.3. The van der Waals surface area contributed by atoms with Crippen molar-refractivity contribution in [1.82, 2.24) is 19.5 Å². The van der Waals surface area contributed by atoms with E-state index in [-0.39, 0.29) is 23.7 Å². The topological polar surface area (TPSA) is 172 Å². The smallest absolute Gasteiger partial charge is 0.280 e. The molecular formula is C18H18BrN5O7. The molecular weight excluding hydrogens is 478 g/mol. The first-order chi connectivity index (χ1) is 14.9. The maximum atomic E-state index is 12.3. The number of amides is 1. The molecule has 0 unspecified atom stereocenters. The van der Waals surface area contributed by atoms with Gasteiger partial charge in [0.2, 0.25) is 5.95 Å². The summed E-state index contributed by atoms with van der Waals surface area (Å²) >= 11 is 3.30. The Kier molecular flexibility index (Phi) is 6.02. The van der Waals surface area contributed by atoms with Crippen LogP contribution in [0.3, 0.4) is 0 Å². The van der Waals surface area contributed by atoms with Gasteiger partial charge < -0.3 is 24.8 Å². The summed E-state index contributed by atoms with van der Waals surface area (Å²) < 4.78 is 13.0. The lowest BCUT2D eigenvalue weighted by Crippen LogP contribution is -2.33. The minimum Gasteiger partial charge on any atom is -0.484 e. The number of fused-ring (bicyclic) bond motifs is 1. The van der Waals surface area contributed by atoms with Crippen molar-refractivity contribution >= 4 is 38.9 Å². The molecule has 2 aromatic heterocycles. The predicted octanol–water partition coefficient (Wildman–Crippen LogP) is -0.489. The lowest BCUT2D eigenvalue weighted by atomic mass is 10.1. The third-order valence-corrected chi connectivity index (χ3v) is 5.19. The summed E-state index contributed by atoms with van der Waals surface area (Å²) in [4.78, 5) is 35.1. The number of ether oxygens (including phenoxy) is 2. The van der Waals surface area contributed by atoms with E-state index in [0.29, 0.717) is 5.75 Å². The standard InChI is InChI=1S/C18H18BrN5O7/c19-8-1-3-9(4-2-8)30-6-11(26)21-18-22-15-12(16(29)23-18)20-7-24(15)17-14(28)13(27)10(5-25)31-17/h1-4,7,10,13-14,17,25,27-28H,5-6H2,(H2,21,22,23,26,29)/t10-,13+,14-,17-/m1/s1. The molecule has 3 aromatic rings. The van der Waals surface area contributed by atoms with Gasteiger partial charge in [-0.25, -0.2) is 4.98 Å². The molecule has 164 valence electrons. The molecule has 1 saturated heterocycles. The van der Waals surface area contributed by atoms with Crippen LogP contribution in [0.1, 0.15) is 6.23 Å². The molecule has 13 heteroatoms. The molecule has 0 spiro atoms. The molecule has 0 bridgehead atoms. The van der Waals surface area contributed by atoms with Crippen molar-refractivity contribution in [3.63, 3.8) is 0 Å². The van der Waals surface area contributed by atoms with Crippen LogP contribution in [0.5, 0.6) is 5.75 Å². The molecule has 4 atom stereocenters. The zero-order chi connectivity index (χ0) is 22.1. The second-order valence-corrected chi connectivity index (χ2v) is 7.67. The van der Waals surface area contributed by atoms with Crippen LogP contribution in [-0.2, 0) is 9.53 Å². The molecule has 31 heavy (non-hydrogen) atoms. The minimum absolute atomic E-state index is 0.0164. The van der Waals surface area contributed by atoms with Crippen LogP contribution in [-0.4, -0.2) is 72.3 Å². The monoisotopic (exact) mass is 495 g/mol. The summed E-state index contributed by atoms with van der Waals surface area (Å²) in [5.41, 5.74) is -0.663. The van der Waals surface area contributed by atoms with E-state index >= 15 is 0 Å². The highest BCUT2D eigenvalue weighted by atomic mass is 79.9. The summed E-state index contributed by atoms with van der Waals surface area (Å²) in [6.45, 7) is -0.827. The van der Waals surface area contributed by atoms with Crippen molar-refractivity contribution < 1.29 is 29.6 Å². The van der Waals surface area contributed by atoms with Gasteiger partial charge in [-0.2, -0.15) is 4.98 Å². The highest BCUT2D eigenvalue weighted by Gasteiger charge is 2.44. The van der Waals surface area contributed by atoms with Crippen LogP contribution < -0.4 is 15.6 Å². The fourth-order valence-corrected chi connectivity index (χ4v) is 3.39. The Hall–Kier alpha value is -2.84. The van der Waals surface area contributed by atoms with Crippen molar-refractivity contribution in [1.29, 1.82) is 0 Å². The maximum Gasteiger partial charge on any atom is 0.280 e.